The number of hydrogen-bond donors (Lipinski definition) is 1. The molecule has 0 atom stereocenters. The molecule has 0 spiro atoms. The Morgan fingerprint density at radius 1 is 1.50 bits per heavy atom. The molecule has 1 amide bonds. The number of likely N-dealkylation sites (tertiary alicyclic amines) is 1. The molecule has 0 saturated carbocycles. The Balaban J connectivity index is 1.79. The summed E-state index contributed by atoms with van der Waals surface area (Å²) in [6.07, 6.45) is 3.73. The highest BCUT2D eigenvalue weighted by atomic mass is 32.1. The molecule has 2 rings (SSSR count). The molecule has 1 aliphatic heterocycles. The van der Waals surface area contributed by atoms with E-state index >= 15 is 0 Å². The van der Waals surface area contributed by atoms with Crippen LogP contribution in [0.4, 0.5) is 5.00 Å². The van der Waals surface area contributed by atoms with E-state index in [1.165, 1.54) is 30.8 Å². The van der Waals surface area contributed by atoms with Crippen LogP contribution in [0.1, 0.15) is 25.0 Å². The summed E-state index contributed by atoms with van der Waals surface area (Å²) >= 11 is 1.34. The first-order valence-corrected chi connectivity index (χ1v) is 6.47. The molecular formula is C11H17N3OS. The van der Waals surface area contributed by atoms with Gasteiger partial charge in [0.05, 0.1) is 12.2 Å². The topological polar surface area (TPSA) is 45.2 Å². The Morgan fingerprint density at radius 2 is 2.25 bits per heavy atom. The molecule has 1 aliphatic rings. The average Bonchev–Trinajstić information content (AvgIpc) is 2.65. The van der Waals surface area contributed by atoms with Crippen LogP contribution in [0.25, 0.3) is 0 Å². The lowest BCUT2D eigenvalue weighted by atomic mass is 10.1. The molecule has 4 nitrogen and oxygen atoms in total. The fourth-order valence-electron chi connectivity index (χ4n) is 1.92. The number of aromatic nitrogens is 1. The number of piperidine rings is 1. The van der Waals surface area contributed by atoms with Gasteiger partial charge in [-0.15, -0.1) is 0 Å². The fraction of sp³-hybridized carbons (Fsp3) is 0.636. The van der Waals surface area contributed by atoms with Crippen LogP contribution in [0, 0.1) is 6.92 Å². The number of carbonyl (C=O) groups excluding carboxylic acids is 1. The number of hydrogen-bond acceptors (Lipinski definition) is 4. The monoisotopic (exact) mass is 239 g/mol. The van der Waals surface area contributed by atoms with Gasteiger partial charge in [0.2, 0.25) is 5.91 Å². The first kappa shape index (κ1) is 11.5. The summed E-state index contributed by atoms with van der Waals surface area (Å²) < 4.78 is 4.13. The first-order chi connectivity index (χ1) is 7.74. The Labute approximate surface area is 99.8 Å². The largest absolute Gasteiger partial charge is 0.315 e. The summed E-state index contributed by atoms with van der Waals surface area (Å²) in [5.41, 5.74) is 0.957. The molecule has 1 aromatic rings. The molecule has 0 radical (unpaired) electrons. The van der Waals surface area contributed by atoms with Crippen molar-refractivity contribution in [2.45, 2.75) is 26.2 Å². The molecule has 0 aromatic carbocycles. The Morgan fingerprint density at radius 3 is 2.88 bits per heavy atom. The molecular weight excluding hydrogens is 222 g/mol. The molecule has 16 heavy (non-hydrogen) atoms. The second-order valence-electron chi connectivity index (χ2n) is 4.22. The van der Waals surface area contributed by atoms with Gasteiger partial charge in [-0.25, -0.2) is 0 Å². The van der Waals surface area contributed by atoms with Gasteiger partial charge in [-0.05, 0) is 50.5 Å². The van der Waals surface area contributed by atoms with Crippen LogP contribution in [0.5, 0.6) is 0 Å². The summed E-state index contributed by atoms with van der Waals surface area (Å²) in [6.45, 7) is 4.54. The van der Waals surface area contributed by atoms with Gasteiger partial charge in [-0.1, -0.05) is 6.42 Å². The minimum Gasteiger partial charge on any atom is -0.315 e. The predicted molar refractivity (Wildman–Crippen MR) is 65.8 cm³/mol. The molecule has 1 fully saturated rings. The van der Waals surface area contributed by atoms with Crippen molar-refractivity contribution in [2.24, 2.45) is 0 Å². The first-order valence-electron chi connectivity index (χ1n) is 5.69. The van der Waals surface area contributed by atoms with Crippen molar-refractivity contribution in [3.8, 4) is 0 Å². The van der Waals surface area contributed by atoms with Crippen LogP contribution < -0.4 is 5.32 Å². The van der Waals surface area contributed by atoms with E-state index in [-0.39, 0.29) is 5.91 Å². The molecule has 0 aliphatic carbocycles. The van der Waals surface area contributed by atoms with Crippen molar-refractivity contribution >= 4 is 22.4 Å². The van der Waals surface area contributed by atoms with Gasteiger partial charge < -0.3 is 5.32 Å². The van der Waals surface area contributed by atoms with Crippen LogP contribution >= 0.6 is 11.5 Å². The number of amides is 1. The van der Waals surface area contributed by atoms with E-state index < -0.39 is 0 Å². The highest BCUT2D eigenvalue weighted by molar-refractivity contribution is 7.10. The lowest BCUT2D eigenvalue weighted by Crippen LogP contribution is -2.36. The van der Waals surface area contributed by atoms with Gasteiger partial charge in [-0.3, -0.25) is 9.69 Å². The van der Waals surface area contributed by atoms with Crippen LogP contribution in [0.2, 0.25) is 0 Å². The van der Waals surface area contributed by atoms with E-state index in [1.807, 2.05) is 13.0 Å². The van der Waals surface area contributed by atoms with Crippen molar-refractivity contribution in [3.63, 3.8) is 0 Å². The standard InChI is InChI=1S/C11H17N3OS/c1-9-7-11(16-13-9)12-10(15)8-14-5-3-2-4-6-14/h7H,2-6,8H2,1H3,(H,12,15). The molecule has 88 valence electrons. The van der Waals surface area contributed by atoms with Gasteiger partial charge in [0.25, 0.3) is 0 Å². The van der Waals surface area contributed by atoms with E-state index in [0.29, 0.717) is 6.54 Å². The quantitative estimate of drug-likeness (QED) is 0.876. The molecule has 2 heterocycles. The van der Waals surface area contributed by atoms with Gasteiger partial charge in [-0.2, -0.15) is 4.37 Å². The predicted octanol–water partition coefficient (Wildman–Crippen LogP) is 1.88. The lowest BCUT2D eigenvalue weighted by Gasteiger charge is -2.25. The van der Waals surface area contributed by atoms with Crippen molar-refractivity contribution in [1.29, 1.82) is 0 Å². The Hall–Kier alpha value is -0.940. The minimum absolute atomic E-state index is 0.0746. The number of carbonyl (C=O) groups is 1. The number of nitrogens with zero attached hydrogens (tertiary/aromatic N) is 2. The van der Waals surface area contributed by atoms with Crippen LogP contribution in [0.15, 0.2) is 6.07 Å². The minimum atomic E-state index is 0.0746. The zero-order chi connectivity index (χ0) is 11.4. The summed E-state index contributed by atoms with van der Waals surface area (Å²) in [6, 6.07) is 1.90. The van der Waals surface area contributed by atoms with Gasteiger partial charge in [0, 0.05) is 0 Å². The molecule has 5 heteroatoms. The van der Waals surface area contributed by atoms with Crippen LogP contribution in [-0.4, -0.2) is 34.8 Å². The second-order valence-corrected chi connectivity index (χ2v) is 5.02. The fourth-order valence-corrected chi connectivity index (χ4v) is 2.60. The highest BCUT2D eigenvalue weighted by Gasteiger charge is 2.14. The van der Waals surface area contributed by atoms with Crippen molar-refractivity contribution < 1.29 is 4.79 Å². The maximum absolute atomic E-state index is 11.7. The SMILES string of the molecule is Cc1cc(NC(=O)CN2CCCCC2)sn1. The average molecular weight is 239 g/mol. The highest BCUT2D eigenvalue weighted by Crippen LogP contribution is 2.15. The number of aryl methyl sites for hydroxylation is 1. The van der Waals surface area contributed by atoms with Gasteiger partial charge >= 0.3 is 0 Å². The Bertz CT molecular complexity index is 358. The molecule has 1 aromatic heterocycles. The maximum Gasteiger partial charge on any atom is 0.239 e. The van der Waals surface area contributed by atoms with Crippen molar-refractivity contribution in [3.05, 3.63) is 11.8 Å². The number of nitrogens with one attached hydrogen (secondary N) is 1. The summed E-state index contributed by atoms with van der Waals surface area (Å²) in [5, 5.41) is 3.73. The second kappa shape index (κ2) is 5.41. The van der Waals surface area contributed by atoms with E-state index in [9.17, 15) is 4.79 Å². The van der Waals surface area contributed by atoms with Crippen molar-refractivity contribution in [1.82, 2.24) is 9.27 Å². The van der Waals surface area contributed by atoms with E-state index in [1.54, 1.807) is 0 Å². The van der Waals surface area contributed by atoms with Crippen LogP contribution in [0.3, 0.4) is 0 Å². The van der Waals surface area contributed by atoms with E-state index in [2.05, 4.69) is 14.6 Å². The third kappa shape index (κ3) is 3.28. The number of rotatable bonds is 3. The van der Waals surface area contributed by atoms with E-state index in [4.69, 9.17) is 0 Å². The maximum atomic E-state index is 11.7. The zero-order valence-corrected chi connectivity index (χ0v) is 10.3. The number of anilines is 1. The molecule has 1 saturated heterocycles. The summed E-state index contributed by atoms with van der Waals surface area (Å²) in [4.78, 5) is 13.9. The third-order valence-electron chi connectivity index (χ3n) is 2.71. The normalized spacial score (nSPS) is 17.3. The van der Waals surface area contributed by atoms with Gasteiger partial charge in [0.15, 0.2) is 0 Å². The van der Waals surface area contributed by atoms with Crippen molar-refractivity contribution in [2.75, 3.05) is 25.0 Å². The Kier molecular flexibility index (Phi) is 3.90. The zero-order valence-electron chi connectivity index (χ0n) is 9.53. The van der Waals surface area contributed by atoms with Crippen LogP contribution in [-0.2, 0) is 4.79 Å². The molecule has 1 N–H and O–H groups in total. The third-order valence-corrected chi connectivity index (χ3v) is 3.50. The molecule has 0 bridgehead atoms. The van der Waals surface area contributed by atoms with E-state index in [0.717, 1.165) is 23.8 Å². The summed E-state index contributed by atoms with van der Waals surface area (Å²) in [7, 11) is 0. The smallest absolute Gasteiger partial charge is 0.239 e. The lowest BCUT2D eigenvalue weighted by molar-refractivity contribution is -0.117. The molecule has 0 unspecified atom stereocenters. The van der Waals surface area contributed by atoms with Gasteiger partial charge in [0.1, 0.15) is 5.00 Å². The summed E-state index contributed by atoms with van der Waals surface area (Å²) in [5.74, 6) is 0.0746.